The Bertz CT molecular complexity index is 631. The lowest BCUT2D eigenvalue weighted by atomic mass is 10.2. The van der Waals surface area contributed by atoms with Gasteiger partial charge in [-0.05, 0) is 17.7 Å². The van der Waals surface area contributed by atoms with Crippen LogP contribution in [0.2, 0.25) is 0 Å². The third kappa shape index (κ3) is 3.28. The summed E-state index contributed by atoms with van der Waals surface area (Å²) in [6, 6.07) is 5.66. The van der Waals surface area contributed by atoms with Crippen molar-refractivity contribution in [1.82, 2.24) is 15.3 Å². The fraction of sp³-hybridized carbons (Fsp3) is 0.267. The van der Waals surface area contributed by atoms with Gasteiger partial charge in [-0.25, -0.2) is 4.98 Å². The fourth-order valence-electron chi connectivity index (χ4n) is 2.01. The second-order valence-corrected chi connectivity index (χ2v) is 4.60. The fourth-order valence-corrected chi connectivity index (χ4v) is 2.01. The zero-order valence-corrected chi connectivity index (χ0v) is 11.4. The van der Waals surface area contributed by atoms with E-state index in [-0.39, 0.29) is 5.91 Å². The topological polar surface area (TPSA) is 73.3 Å². The van der Waals surface area contributed by atoms with Crippen LogP contribution in [-0.2, 0) is 6.54 Å². The maximum absolute atomic E-state index is 11.9. The average Bonchev–Trinajstić information content (AvgIpc) is 2.78. The molecule has 2 heterocycles. The molecule has 21 heavy (non-hydrogen) atoms. The Hall–Kier alpha value is -2.63. The van der Waals surface area contributed by atoms with Crippen LogP contribution in [0.4, 0.5) is 0 Å². The van der Waals surface area contributed by atoms with Crippen LogP contribution in [0.15, 0.2) is 36.8 Å². The third-order valence-electron chi connectivity index (χ3n) is 3.06. The van der Waals surface area contributed by atoms with Gasteiger partial charge in [0.2, 0.25) is 0 Å². The molecule has 108 valence electrons. The van der Waals surface area contributed by atoms with E-state index in [4.69, 9.17) is 9.47 Å². The average molecular weight is 285 g/mol. The van der Waals surface area contributed by atoms with Crippen LogP contribution < -0.4 is 14.8 Å². The number of hydrogen-bond acceptors (Lipinski definition) is 5. The second kappa shape index (κ2) is 6.21. The van der Waals surface area contributed by atoms with Gasteiger partial charge in [-0.1, -0.05) is 6.07 Å². The van der Waals surface area contributed by atoms with Gasteiger partial charge in [0.1, 0.15) is 5.69 Å². The molecule has 0 fully saturated rings. The van der Waals surface area contributed by atoms with E-state index in [1.54, 1.807) is 0 Å². The van der Waals surface area contributed by atoms with Gasteiger partial charge in [0.15, 0.2) is 11.5 Å². The van der Waals surface area contributed by atoms with Gasteiger partial charge in [0.05, 0.1) is 19.4 Å². The molecule has 1 aromatic carbocycles. The van der Waals surface area contributed by atoms with Crippen molar-refractivity contribution in [2.24, 2.45) is 0 Å². The summed E-state index contributed by atoms with van der Waals surface area (Å²) in [5, 5.41) is 2.80. The number of hydrogen-bond donors (Lipinski definition) is 1. The van der Waals surface area contributed by atoms with Crippen molar-refractivity contribution >= 4 is 5.91 Å². The minimum absolute atomic E-state index is 0.254. The predicted octanol–water partition coefficient (Wildman–Crippen LogP) is 1.57. The van der Waals surface area contributed by atoms with Crippen molar-refractivity contribution in [1.29, 1.82) is 0 Å². The summed E-state index contributed by atoms with van der Waals surface area (Å²) in [5.74, 6) is 1.21. The number of fused-ring (bicyclic) bond motifs is 1. The quantitative estimate of drug-likeness (QED) is 0.926. The molecule has 6 heteroatoms. The minimum Gasteiger partial charge on any atom is -0.490 e. The van der Waals surface area contributed by atoms with E-state index < -0.39 is 0 Å². The van der Waals surface area contributed by atoms with E-state index in [0.717, 1.165) is 23.5 Å². The highest BCUT2D eigenvalue weighted by Gasteiger charge is 2.11. The summed E-state index contributed by atoms with van der Waals surface area (Å²) >= 11 is 0. The Balaban J connectivity index is 1.66. The Morgan fingerprint density at radius 1 is 1.19 bits per heavy atom. The molecule has 1 aliphatic rings. The van der Waals surface area contributed by atoms with Crippen molar-refractivity contribution in [2.75, 3.05) is 13.2 Å². The van der Waals surface area contributed by atoms with Gasteiger partial charge >= 0.3 is 0 Å². The molecule has 0 unspecified atom stereocenters. The molecular weight excluding hydrogens is 270 g/mol. The van der Waals surface area contributed by atoms with E-state index in [9.17, 15) is 4.79 Å². The predicted molar refractivity (Wildman–Crippen MR) is 75.3 cm³/mol. The van der Waals surface area contributed by atoms with Crippen LogP contribution >= 0.6 is 0 Å². The molecule has 0 aliphatic carbocycles. The van der Waals surface area contributed by atoms with Gasteiger partial charge in [-0.2, -0.15) is 0 Å². The first-order valence-corrected chi connectivity index (χ1v) is 6.76. The van der Waals surface area contributed by atoms with Crippen molar-refractivity contribution in [3.05, 3.63) is 48.0 Å². The van der Waals surface area contributed by atoms with Gasteiger partial charge in [0, 0.05) is 25.4 Å². The van der Waals surface area contributed by atoms with Gasteiger partial charge in [-0.15, -0.1) is 0 Å². The van der Waals surface area contributed by atoms with Gasteiger partial charge < -0.3 is 14.8 Å². The highest BCUT2D eigenvalue weighted by Crippen LogP contribution is 2.30. The molecular formula is C15H15N3O3. The summed E-state index contributed by atoms with van der Waals surface area (Å²) in [7, 11) is 0. The normalized spacial score (nSPS) is 13.3. The Kier molecular flexibility index (Phi) is 3.95. The molecule has 1 amide bonds. The monoisotopic (exact) mass is 285 g/mol. The highest BCUT2D eigenvalue weighted by molar-refractivity contribution is 5.91. The van der Waals surface area contributed by atoms with E-state index in [2.05, 4.69) is 15.3 Å². The zero-order valence-electron chi connectivity index (χ0n) is 11.4. The molecule has 0 radical (unpaired) electrons. The first-order valence-electron chi connectivity index (χ1n) is 6.76. The van der Waals surface area contributed by atoms with Crippen LogP contribution in [0, 0.1) is 0 Å². The molecule has 0 spiro atoms. The van der Waals surface area contributed by atoms with Crippen LogP contribution in [-0.4, -0.2) is 29.1 Å². The first kappa shape index (κ1) is 13.4. The third-order valence-corrected chi connectivity index (χ3v) is 3.06. The maximum atomic E-state index is 11.9. The summed E-state index contributed by atoms with van der Waals surface area (Å²) in [6.07, 6.45) is 5.32. The summed E-state index contributed by atoms with van der Waals surface area (Å²) in [6.45, 7) is 1.70. The number of carbonyl (C=O) groups excluding carboxylic acids is 1. The summed E-state index contributed by atoms with van der Waals surface area (Å²) in [5.41, 5.74) is 1.24. The minimum atomic E-state index is -0.254. The van der Waals surface area contributed by atoms with Crippen molar-refractivity contribution in [3.63, 3.8) is 0 Å². The van der Waals surface area contributed by atoms with Crippen molar-refractivity contribution in [3.8, 4) is 11.5 Å². The number of ether oxygens (including phenoxy) is 2. The van der Waals surface area contributed by atoms with Gasteiger partial charge in [-0.3, -0.25) is 9.78 Å². The second-order valence-electron chi connectivity index (χ2n) is 4.60. The number of carbonyl (C=O) groups is 1. The summed E-state index contributed by atoms with van der Waals surface area (Å²) in [4.78, 5) is 19.7. The van der Waals surface area contributed by atoms with E-state index in [1.807, 2.05) is 18.2 Å². The van der Waals surface area contributed by atoms with E-state index >= 15 is 0 Å². The molecule has 3 rings (SSSR count). The molecule has 2 aromatic rings. The number of nitrogens with zero attached hydrogens (tertiary/aromatic N) is 2. The standard InChI is InChI=1S/C15H15N3O3/c19-15(12-10-16-4-5-17-12)18-9-11-2-3-13-14(8-11)21-7-1-6-20-13/h2-5,8,10H,1,6-7,9H2,(H,18,19). The van der Waals surface area contributed by atoms with Crippen LogP contribution in [0.3, 0.4) is 0 Å². The lowest BCUT2D eigenvalue weighted by molar-refractivity contribution is 0.0945. The smallest absolute Gasteiger partial charge is 0.271 e. The zero-order chi connectivity index (χ0) is 14.5. The number of nitrogens with one attached hydrogen (secondary N) is 1. The molecule has 0 bridgehead atoms. The molecule has 0 saturated carbocycles. The molecule has 1 N–H and O–H groups in total. The Morgan fingerprint density at radius 2 is 2.05 bits per heavy atom. The number of aromatic nitrogens is 2. The van der Waals surface area contributed by atoms with Gasteiger partial charge in [0.25, 0.3) is 5.91 Å². The lowest BCUT2D eigenvalue weighted by Gasteiger charge is -2.10. The molecule has 1 aromatic heterocycles. The lowest BCUT2D eigenvalue weighted by Crippen LogP contribution is -2.23. The highest BCUT2D eigenvalue weighted by atomic mass is 16.5. The van der Waals surface area contributed by atoms with E-state index in [0.29, 0.717) is 25.5 Å². The van der Waals surface area contributed by atoms with Crippen LogP contribution in [0.5, 0.6) is 11.5 Å². The Labute approximate surface area is 122 Å². The van der Waals surface area contributed by atoms with Crippen LogP contribution in [0.1, 0.15) is 22.5 Å². The van der Waals surface area contributed by atoms with Crippen molar-refractivity contribution in [2.45, 2.75) is 13.0 Å². The largest absolute Gasteiger partial charge is 0.490 e. The summed E-state index contributed by atoms with van der Waals surface area (Å²) < 4.78 is 11.2. The first-order chi connectivity index (χ1) is 10.3. The number of rotatable bonds is 3. The number of benzene rings is 1. The molecule has 1 aliphatic heterocycles. The SMILES string of the molecule is O=C(NCc1ccc2c(c1)OCCCO2)c1cnccn1. The van der Waals surface area contributed by atoms with Crippen molar-refractivity contribution < 1.29 is 14.3 Å². The molecule has 6 nitrogen and oxygen atoms in total. The molecule has 0 atom stereocenters. The maximum Gasteiger partial charge on any atom is 0.271 e. The van der Waals surface area contributed by atoms with E-state index in [1.165, 1.54) is 18.6 Å². The number of amides is 1. The van der Waals surface area contributed by atoms with Crippen LogP contribution in [0.25, 0.3) is 0 Å². The molecule has 0 saturated heterocycles. The Morgan fingerprint density at radius 3 is 2.86 bits per heavy atom.